The number of carbonyl (C=O) groups excluding carboxylic acids is 1. The number of thioether (sulfide) groups is 1. The molecule has 2 N–H and O–H groups in total. The highest BCUT2D eigenvalue weighted by Gasteiger charge is 2.27. The maximum atomic E-state index is 12.4. The highest BCUT2D eigenvalue weighted by molar-refractivity contribution is 7.99. The third kappa shape index (κ3) is 6.34. The van der Waals surface area contributed by atoms with Crippen molar-refractivity contribution in [1.82, 2.24) is 0 Å². The van der Waals surface area contributed by atoms with Crippen LogP contribution in [0.5, 0.6) is 0 Å². The number of anilines is 2. The van der Waals surface area contributed by atoms with E-state index in [1.54, 1.807) is 24.3 Å². The number of halogens is 3. The van der Waals surface area contributed by atoms with Gasteiger partial charge in [0.05, 0.1) is 12.3 Å². The number of amides is 1. The molecule has 2 aromatic carbocycles. The van der Waals surface area contributed by atoms with E-state index >= 15 is 0 Å². The smallest absolute Gasteiger partial charge is 0.375 e. The van der Waals surface area contributed by atoms with Crippen LogP contribution in [0.2, 0.25) is 0 Å². The van der Waals surface area contributed by atoms with E-state index in [-0.39, 0.29) is 12.5 Å². The number of hydrogen-bond acceptors (Lipinski definition) is 3. The summed E-state index contributed by atoms with van der Waals surface area (Å²) in [6.07, 6.45) is -3.44. The molecule has 0 radical (unpaired) electrons. The first-order valence-electron chi connectivity index (χ1n) is 7.79. The van der Waals surface area contributed by atoms with Crippen LogP contribution in [0, 0.1) is 0 Å². The van der Waals surface area contributed by atoms with Crippen molar-refractivity contribution in [3.05, 3.63) is 54.1 Å². The van der Waals surface area contributed by atoms with Crippen LogP contribution in [-0.4, -0.2) is 24.4 Å². The van der Waals surface area contributed by atoms with Gasteiger partial charge in [-0.1, -0.05) is 37.3 Å². The normalized spacial score (nSPS) is 11.2. The van der Waals surface area contributed by atoms with Gasteiger partial charge in [-0.3, -0.25) is 4.79 Å². The number of nitrogens with one attached hydrogen (secondary N) is 2. The molecule has 0 aliphatic heterocycles. The number of alkyl halides is 3. The van der Waals surface area contributed by atoms with Crippen molar-refractivity contribution in [2.75, 3.05) is 22.9 Å². The van der Waals surface area contributed by atoms with Gasteiger partial charge in [0, 0.05) is 16.3 Å². The predicted octanol–water partition coefficient (Wildman–Crippen LogP) is 4.95. The maximum Gasteiger partial charge on any atom is 0.398 e. The zero-order valence-electron chi connectivity index (χ0n) is 13.7. The summed E-state index contributed by atoms with van der Waals surface area (Å²) in [5, 5.41) is 5.73. The van der Waals surface area contributed by atoms with Gasteiger partial charge in [-0.25, -0.2) is 0 Å². The van der Waals surface area contributed by atoms with E-state index in [9.17, 15) is 18.0 Å². The first-order chi connectivity index (χ1) is 11.9. The lowest BCUT2D eigenvalue weighted by Crippen LogP contribution is -2.22. The van der Waals surface area contributed by atoms with Gasteiger partial charge >= 0.3 is 6.18 Å². The average Bonchev–Trinajstić information content (AvgIpc) is 2.58. The van der Waals surface area contributed by atoms with Crippen molar-refractivity contribution in [3.63, 3.8) is 0 Å². The number of para-hydroxylation sites is 2. The SMILES string of the molecule is CCc1ccccc1NC(=O)CNc1ccccc1SCC(F)(F)F. The molecule has 0 aliphatic rings. The third-order valence-corrected chi connectivity index (χ3v) is 4.53. The molecular weight excluding hydrogens is 349 g/mol. The molecule has 0 fully saturated rings. The van der Waals surface area contributed by atoms with Crippen LogP contribution in [0.3, 0.4) is 0 Å². The van der Waals surface area contributed by atoms with E-state index < -0.39 is 11.9 Å². The fourth-order valence-electron chi connectivity index (χ4n) is 2.22. The molecule has 0 unspecified atom stereocenters. The average molecular weight is 368 g/mol. The lowest BCUT2D eigenvalue weighted by atomic mass is 10.1. The Morgan fingerprint density at radius 2 is 1.68 bits per heavy atom. The van der Waals surface area contributed by atoms with E-state index in [1.165, 1.54) is 0 Å². The van der Waals surface area contributed by atoms with Gasteiger partial charge in [-0.15, -0.1) is 11.8 Å². The first kappa shape index (κ1) is 19.2. The molecule has 3 nitrogen and oxygen atoms in total. The molecule has 0 aliphatic carbocycles. The second-order valence-electron chi connectivity index (χ2n) is 5.31. The largest absolute Gasteiger partial charge is 0.398 e. The molecule has 0 saturated carbocycles. The van der Waals surface area contributed by atoms with E-state index in [1.807, 2.05) is 31.2 Å². The highest BCUT2D eigenvalue weighted by Crippen LogP contribution is 2.32. The van der Waals surface area contributed by atoms with Crippen LogP contribution in [-0.2, 0) is 11.2 Å². The molecule has 2 aromatic rings. The Hall–Kier alpha value is -2.15. The maximum absolute atomic E-state index is 12.4. The van der Waals surface area contributed by atoms with Crippen molar-refractivity contribution < 1.29 is 18.0 Å². The number of rotatable bonds is 7. The van der Waals surface area contributed by atoms with Crippen LogP contribution >= 0.6 is 11.8 Å². The summed E-state index contributed by atoms with van der Waals surface area (Å²) in [4.78, 5) is 12.6. The Balaban J connectivity index is 1.95. The van der Waals surface area contributed by atoms with Crippen molar-refractivity contribution in [1.29, 1.82) is 0 Å². The van der Waals surface area contributed by atoms with Gasteiger partial charge in [0.2, 0.25) is 5.91 Å². The van der Waals surface area contributed by atoms with Crippen LogP contribution in [0.25, 0.3) is 0 Å². The minimum atomic E-state index is -4.24. The van der Waals surface area contributed by atoms with Gasteiger partial charge in [-0.05, 0) is 30.2 Å². The number of carbonyl (C=O) groups is 1. The number of hydrogen-bond donors (Lipinski definition) is 2. The van der Waals surface area contributed by atoms with Gasteiger partial charge in [0.1, 0.15) is 0 Å². The van der Waals surface area contributed by atoms with Gasteiger partial charge in [0.15, 0.2) is 0 Å². The van der Waals surface area contributed by atoms with Crippen LogP contribution in [0.15, 0.2) is 53.4 Å². The Kier molecular flexibility index (Phi) is 6.75. The molecule has 0 bridgehead atoms. The number of aryl methyl sites for hydroxylation is 1. The summed E-state index contributed by atoms with van der Waals surface area (Å²) in [5.74, 6) is -1.22. The molecule has 0 atom stereocenters. The Morgan fingerprint density at radius 3 is 2.36 bits per heavy atom. The molecule has 2 rings (SSSR count). The van der Waals surface area contributed by atoms with E-state index in [0.29, 0.717) is 22.3 Å². The molecule has 1 amide bonds. The van der Waals surface area contributed by atoms with Crippen molar-refractivity contribution in [2.24, 2.45) is 0 Å². The van der Waals surface area contributed by atoms with Crippen molar-refractivity contribution in [2.45, 2.75) is 24.4 Å². The molecule has 7 heteroatoms. The molecular formula is C18H19F3N2OS. The minimum Gasteiger partial charge on any atom is -0.375 e. The van der Waals surface area contributed by atoms with E-state index in [4.69, 9.17) is 0 Å². The second kappa shape index (κ2) is 8.80. The fourth-order valence-corrected chi connectivity index (χ4v) is 3.01. The molecule has 0 spiro atoms. The van der Waals surface area contributed by atoms with E-state index in [0.717, 1.165) is 17.7 Å². The standard InChI is InChI=1S/C18H19F3N2OS/c1-2-13-7-3-4-8-14(13)23-17(24)11-22-15-9-5-6-10-16(15)25-12-18(19,20)21/h3-10,22H,2,11-12H2,1H3,(H,23,24). The summed E-state index contributed by atoms with van der Waals surface area (Å²) in [6.45, 7) is 1.97. The summed E-state index contributed by atoms with van der Waals surface area (Å²) >= 11 is 0.696. The van der Waals surface area contributed by atoms with Gasteiger partial charge < -0.3 is 10.6 Å². The molecule has 0 heterocycles. The van der Waals surface area contributed by atoms with Crippen molar-refractivity contribution in [3.8, 4) is 0 Å². The quantitative estimate of drug-likeness (QED) is 0.679. The summed E-state index contributed by atoms with van der Waals surface area (Å²) < 4.78 is 37.2. The van der Waals surface area contributed by atoms with Gasteiger partial charge in [-0.2, -0.15) is 13.2 Å². The molecule has 25 heavy (non-hydrogen) atoms. The Morgan fingerprint density at radius 1 is 1.04 bits per heavy atom. The summed E-state index contributed by atoms with van der Waals surface area (Å²) in [6, 6.07) is 14.1. The Bertz CT molecular complexity index is 719. The zero-order valence-corrected chi connectivity index (χ0v) is 14.5. The number of benzene rings is 2. The highest BCUT2D eigenvalue weighted by atomic mass is 32.2. The fraction of sp³-hybridized carbons (Fsp3) is 0.278. The van der Waals surface area contributed by atoms with Crippen LogP contribution < -0.4 is 10.6 Å². The van der Waals surface area contributed by atoms with Crippen LogP contribution in [0.1, 0.15) is 12.5 Å². The first-order valence-corrected chi connectivity index (χ1v) is 8.78. The topological polar surface area (TPSA) is 41.1 Å². The predicted molar refractivity (Wildman–Crippen MR) is 96.2 cm³/mol. The van der Waals surface area contributed by atoms with E-state index in [2.05, 4.69) is 10.6 Å². The molecule has 0 saturated heterocycles. The minimum absolute atomic E-state index is 0.0262. The van der Waals surface area contributed by atoms with Crippen LogP contribution in [0.4, 0.5) is 24.5 Å². The second-order valence-corrected chi connectivity index (χ2v) is 6.33. The summed E-state index contributed by atoms with van der Waals surface area (Å²) in [5.41, 5.74) is 2.28. The Labute approximate surface area is 149 Å². The molecule has 134 valence electrons. The molecule has 0 aromatic heterocycles. The lowest BCUT2D eigenvalue weighted by molar-refractivity contribution is -0.114. The summed E-state index contributed by atoms with van der Waals surface area (Å²) in [7, 11) is 0. The zero-order chi connectivity index (χ0) is 18.3. The van der Waals surface area contributed by atoms with Gasteiger partial charge in [0.25, 0.3) is 0 Å². The monoisotopic (exact) mass is 368 g/mol. The van der Waals surface area contributed by atoms with Crippen molar-refractivity contribution >= 4 is 29.0 Å². The lowest BCUT2D eigenvalue weighted by Gasteiger charge is -2.13. The third-order valence-electron chi connectivity index (χ3n) is 3.39.